The number of rotatable bonds is 3. The number of fused-ring (bicyclic) bond motifs is 1. The predicted octanol–water partition coefficient (Wildman–Crippen LogP) is 0.720. The molecule has 1 aliphatic heterocycles. The van der Waals surface area contributed by atoms with E-state index in [0.29, 0.717) is 24.3 Å². The van der Waals surface area contributed by atoms with Gasteiger partial charge in [-0.25, -0.2) is 0 Å². The van der Waals surface area contributed by atoms with Crippen LogP contribution in [0.3, 0.4) is 0 Å². The molecule has 0 aromatic heterocycles. The van der Waals surface area contributed by atoms with Crippen LogP contribution in [0, 0.1) is 0 Å². The maximum atomic E-state index is 9.54. The lowest BCUT2D eigenvalue weighted by molar-refractivity contribution is 0.0833. The van der Waals surface area contributed by atoms with Crippen molar-refractivity contribution in [1.82, 2.24) is 0 Å². The summed E-state index contributed by atoms with van der Waals surface area (Å²) < 4.78 is 10.4. The molecule has 1 unspecified atom stereocenters. The summed E-state index contributed by atoms with van der Waals surface area (Å²) in [7, 11) is 11.0. The molecule has 0 saturated carbocycles. The average Bonchev–Trinajstić information content (AvgIpc) is 2.51. The minimum atomic E-state index is -1.58. The minimum absolute atomic E-state index is 0.346. The van der Waals surface area contributed by atoms with Gasteiger partial charge in [-0.1, -0.05) is 13.0 Å². The van der Waals surface area contributed by atoms with E-state index in [4.69, 9.17) is 25.2 Å². The third-order valence-corrected chi connectivity index (χ3v) is 2.49. The van der Waals surface area contributed by atoms with E-state index < -0.39 is 5.59 Å². The summed E-state index contributed by atoms with van der Waals surface area (Å²) in [4.78, 5) is 0. The van der Waals surface area contributed by atoms with Crippen LogP contribution in [0.1, 0.15) is 18.9 Å². The number of ether oxygens (including phenoxy) is 2. The molecule has 0 saturated heterocycles. The van der Waals surface area contributed by atoms with Gasteiger partial charge < -0.3 is 14.6 Å². The first-order valence-electron chi connectivity index (χ1n) is 5.27. The Kier molecular flexibility index (Phi) is 2.89. The molecule has 1 atom stereocenters. The second-order valence-electron chi connectivity index (χ2n) is 3.97. The first-order chi connectivity index (χ1) is 7.50. The first-order valence-corrected chi connectivity index (χ1v) is 5.27. The van der Waals surface area contributed by atoms with Gasteiger partial charge in [-0.3, -0.25) is 0 Å². The molecule has 0 bridgehead atoms. The molecule has 0 amide bonds. The van der Waals surface area contributed by atoms with E-state index in [0.717, 1.165) is 5.56 Å². The van der Waals surface area contributed by atoms with Crippen LogP contribution >= 0.6 is 0 Å². The summed E-state index contributed by atoms with van der Waals surface area (Å²) in [6, 6.07) is 5.40. The van der Waals surface area contributed by atoms with Crippen molar-refractivity contribution in [3.8, 4) is 11.5 Å². The molecule has 3 nitrogen and oxygen atoms in total. The fourth-order valence-electron chi connectivity index (χ4n) is 1.62. The number of aliphatic hydroxyl groups is 1. The van der Waals surface area contributed by atoms with E-state index in [1.807, 2.05) is 13.0 Å². The van der Waals surface area contributed by atoms with Gasteiger partial charge in [0.25, 0.3) is 0 Å². The Balaban J connectivity index is 2.16. The highest BCUT2D eigenvalue weighted by Crippen LogP contribution is 2.37. The third-order valence-electron chi connectivity index (χ3n) is 2.49. The molecule has 1 aliphatic rings. The highest BCUT2D eigenvalue weighted by atomic mass is 16.7. The minimum Gasteiger partial charge on any atom is -0.468 e. The van der Waals surface area contributed by atoms with Crippen LogP contribution in [0.25, 0.3) is 0 Å². The van der Waals surface area contributed by atoms with E-state index in [1.165, 1.54) is 0 Å². The number of aliphatic hydroxyl groups excluding tert-OH is 1. The zero-order valence-electron chi connectivity index (χ0n) is 9.14. The van der Waals surface area contributed by atoms with Gasteiger partial charge in [0.1, 0.15) is 0 Å². The highest BCUT2D eigenvalue weighted by molar-refractivity contribution is 6.38. The van der Waals surface area contributed by atoms with Crippen LogP contribution < -0.4 is 9.47 Å². The Morgan fingerprint density at radius 1 is 1.31 bits per heavy atom. The fraction of sp³-hybridized carbons (Fsp3) is 0.455. The Bertz CT molecular complexity index is 393. The van der Waals surface area contributed by atoms with Crippen LogP contribution in [0.4, 0.5) is 0 Å². The molecule has 1 heterocycles. The van der Waals surface area contributed by atoms with Crippen molar-refractivity contribution in [2.75, 3.05) is 0 Å². The van der Waals surface area contributed by atoms with Gasteiger partial charge in [0.05, 0.1) is 6.10 Å². The lowest BCUT2D eigenvalue weighted by atomic mass is 9.76. The van der Waals surface area contributed by atoms with Crippen LogP contribution in [-0.4, -0.2) is 32.5 Å². The van der Waals surface area contributed by atoms with E-state index in [1.54, 1.807) is 12.1 Å². The van der Waals surface area contributed by atoms with E-state index >= 15 is 0 Å². The number of hydrogen-bond acceptors (Lipinski definition) is 3. The average molecular weight is 214 g/mol. The van der Waals surface area contributed by atoms with E-state index in [9.17, 15) is 5.11 Å². The summed E-state index contributed by atoms with van der Waals surface area (Å²) >= 11 is 0. The summed E-state index contributed by atoms with van der Waals surface area (Å²) in [6.07, 6.45) is 0.947. The topological polar surface area (TPSA) is 38.7 Å². The van der Waals surface area contributed by atoms with Crippen LogP contribution in [0.15, 0.2) is 18.2 Å². The summed E-state index contributed by atoms with van der Waals surface area (Å²) in [5.41, 5.74) is -0.612. The molecule has 2 rings (SSSR count). The summed E-state index contributed by atoms with van der Waals surface area (Å²) in [5, 5.41) is 9.54. The molecule has 0 spiro atoms. The van der Waals surface area contributed by atoms with Crippen LogP contribution in [0.2, 0.25) is 0 Å². The molecule has 1 aromatic carbocycles. The van der Waals surface area contributed by atoms with Gasteiger partial charge in [0.2, 0.25) is 0 Å². The van der Waals surface area contributed by atoms with Crippen molar-refractivity contribution in [2.45, 2.75) is 31.5 Å². The zero-order valence-corrected chi connectivity index (χ0v) is 9.14. The third kappa shape index (κ3) is 2.35. The molecular weight excluding hydrogens is 202 g/mol. The lowest BCUT2D eigenvalue weighted by Crippen LogP contribution is -2.39. The molecular formula is C11H12B2O3. The van der Waals surface area contributed by atoms with Gasteiger partial charge in [-0.05, 0) is 30.5 Å². The summed E-state index contributed by atoms with van der Waals surface area (Å²) in [5.74, 6) is 1.05. The van der Waals surface area contributed by atoms with Crippen LogP contribution in [0.5, 0.6) is 11.5 Å². The quantitative estimate of drug-likeness (QED) is 0.753. The molecule has 4 radical (unpaired) electrons. The molecule has 5 heteroatoms. The van der Waals surface area contributed by atoms with Gasteiger partial charge >= 0.3 is 0 Å². The van der Waals surface area contributed by atoms with Gasteiger partial charge in [-0.2, -0.15) is 0 Å². The summed E-state index contributed by atoms with van der Waals surface area (Å²) in [6.45, 7) is 1.93. The molecule has 1 N–H and O–H groups in total. The van der Waals surface area contributed by atoms with Crippen molar-refractivity contribution < 1.29 is 14.6 Å². The zero-order chi connectivity index (χ0) is 11.8. The van der Waals surface area contributed by atoms with E-state index in [2.05, 4.69) is 0 Å². The normalized spacial score (nSPS) is 18.4. The SMILES string of the molecule is [B]C1([B])Oc2ccc(CC(O)CC)cc2O1. The van der Waals surface area contributed by atoms with Gasteiger partial charge in [0.15, 0.2) is 32.8 Å². The Morgan fingerprint density at radius 3 is 2.69 bits per heavy atom. The molecule has 1 aromatic rings. The smallest absolute Gasteiger partial charge is 0.175 e. The Hall–Kier alpha value is -1.09. The maximum absolute atomic E-state index is 9.54. The standard InChI is InChI=1S/C11H12B2O3/c1-2-8(14)5-7-3-4-9-10(6-7)16-11(12,13)15-9/h3-4,6,8,14H,2,5H2,1H3. The van der Waals surface area contributed by atoms with Crippen molar-refractivity contribution in [2.24, 2.45) is 0 Å². The van der Waals surface area contributed by atoms with Gasteiger partial charge in [-0.15, -0.1) is 0 Å². The number of benzene rings is 1. The monoisotopic (exact) mass is 214 g/mol. The predicted molar refractivity (Wildman–Crippen MR) is 61.9 cm³/mol. The van der Waals surface area contributed by atoms with Crippen molar-refractivity contribution in [1.29, 1.82) is 0 Å². The molecule has 0 fully saturated rings. The van der Waals surface area contributed by atoms with Crippen molar-refractivity contribution in [3.05, 3.63) is 23.8 Å². The second kappa shape index (κ2) is 4.06. The molecule has 0 aliphatic carbocycles. The van der Waals surface area contributed by atoms with Crippen LogP contribution in [-0.2, 0) is 6.42 Å². The lowest BCUT2D eigenvalue weighted by Gasteiger charge is -2.18. The largest absolute Gasteiger partial charge is 0.468 e. The molecule has 16 heavy (non-hydrogen) atoms. The maximum Gasteiger partial charge on any atom is 0.175 e. The Labute approximate surface area is 97.6 Å². The fourth-order valence-corrected chi connectivity index (χ4v) is 1.62. The van der Waals surface area contributed by atoms with Gasteiger partial charge in [0, 0.05) is 0 Å². The highest BCUT2D eigenvalue weighted by Gasteiger charge is 2.30. The van der Waals surface area contributed by atoms with Crippen molar-refractivity contribution in [3.63, 3.8) is 0 Å². The van der Waals surface area contributed by atoms with Crippen molar-refractivity contribution >= 4 is 15.7 Å². The van der Waals surface area contributed by atoms with E-state index in [-0.39, 0.29) is 6.10 Å². The second-order valence-corrected chi connectivity index (χ2v) is 3.97. The Morgan fingerprint density at radius 2 is 2.00 bits per heavy atom. The first kappa shape index (κ1) is 11.4. The number of hydrogen-bond donors (Lipinski definition) is 1. The molecule has 80 valence electrons.